The van der Waals surface area contributed by atoms with Crippen LogP contribution in [0, 0.1) is 0 Å². The fourth-order valence-electron chi connectivity index (χ4n) is 1.42. The fraction of sp³-hybridized carbons (Fsp3) is 0.333. The van der Waals surface area contributed by atoms with E-state index in [0.29, 0.717) is 11.6 Å². The number of nitrogens with zero attached hydrogens (tertiary/aromatic N) is 3. The first kappa shape index (κ1) is 6.88. The lowest BCUT2D eigenvalue weighted by atomic mass is 10.4. The van der Waals surface area contributed by atoms with E-state index in [0.717, 1.165) is 5.82 Å². The lowest BCUT2D eigenvalue weighted by Crippen LogP contribution is -1.86. The monoisotopic (exact) mass is 175 g/mol. The molecule has 1 aliphatic rings. The van der Waals surface area contributed by atoms with E-state index in [1.54, 1.807) is 22.8 Å². The van der Waals surface area contributed by atoms with Crippen LogP contribution in [0.4, 0.5) is 0 Å². The van der Waals surface area contributed by atoms with Crippen molar-refractivity contribution in [3.63, 3.8) is 0 Å². The van der Waals surface area contributed by atoms with Gasteiger partial charge in [0.2, 0.25) is 0 Å². The highest BCUT2D eigenvalue weighted by molar-refractivity contribution is 5.51. The molecule has 1 fully saturated rings. The molecule has 0 saturated heterocycles. The molecule has 3 rings (SSSR count). The molecule has 0 aliphatic heterocycles. The van der Waals surface area contributed by atoms with Gasteiger partial charge in [0.1, 0.15) is 0 Å². The van der Waals surface area contributed by atoms with Crippen molar-refractivity contribution >= 4 is 5.65 Å². The summed E-state index contributed by atoms with van der Waals surface area (Å²) in [5.41, 5.74) is 0.560. The van der Waals surface area contributed by atoms with Crippen molar-refractivity contribution in [3.8, 4) is 5.75 Å². The van der Waals surface area contributed by atoms with Gasteiger partial charge in [-0.05, 0) is 25.0 Å². The predicted molar refractivity (Wildman–Crippen MR) is 46.6 cm³/mol. The zero-order chi connectivity index (χ0) is 8.84. The molecule has 13 heavy (non-hydrogen) atoms. The molecule has 0 bridgehead atoms. The number of pyridine rings is 1. The van der Waals surface area contributed by atoms with E-state index < -0.39 is 0 Å². The van der Waals surface area contributed by atoms with E-state index in [4.69, 9.17) is 0 Å². The maximum absolute atomic E-state index is 9.46. The minimum absolute atomic E-state index is 0.196. The molecule has 2 heterocycles. The van der Waals surface area contributed by atoms with Gasteiger partial charge in [-0.3, -0.25) is 0 Å². The number of aromatic hydroxyl groups is 1. The third-order valence-corrected chi connectivity index (χ3v) is 2.30. The van der Waals surface area contributed by atoms with Crippen molar-refractivity contribution in [3.05, 3.63) is 24.2 Å². The largest absolute Gasteiger partial charge is 0.504 e. The molecule has 4 heteroatoms. The standard InChI is InChI=1S/C9H9N3O/c13-7-2-1-5-12-9(7)10-8(11-12)6-3-4-6/h1-2,5-6,13H,3-4H2. The first-order valence-electron chi connectivity index (χ1n) is 4.39. The van der Waals surface area contributed by atoms with Gasteiger partial charge in [0, 0.05) is 12.1 Å². The summed E-state index contributed by atoms with van der Waals surface area (Å²) in [6.07, 6.45) is 4.16. The summed E-state index contributed by atoms with van der Waals surface area (Å²) in [4.78, 5) is 4.28. The van der Waals surface area contributed by atoms with Crippen LogP contribution >= 0.6 is 0 Å². The van der Waals surface area contributed by atoms with Crippen LogP contribution in [0.5, 0.6) is 5.75 Å². The molecule has 1 saturated carbocycles. The van der Waals surface area contributed by atoms with Gasteiger partial charge in [-0.2, -0.15) is 5.10 Å². The molecule has 66 valence electrons. The van der Waals surface area contributed by atoms with Crippen LogP contribution in [0.25, 0.3) is 5.65 Å². The van der Waals surface area contributed by atoms with Crippen molar-refractivity contribution in [2.75, 3.05) is 0 Å². The summed E-state index contributed by atoms with van der Waals surface area (Å²) in [6.45, 7) is 0. The minimum atomic E-state index is 0.196. The highest BCUT2D eigenvalue weighted by Crippen LogP contribution is 2.38. The number of rotatable bonds is 1. The highest BCUT2D eigenvalue weighted by Gasteiger charge is 2.28. The maximum Gasteiger partial charge on any atom is 0.197 e. The Labute approximate surface area is 74.8 Å². The zero-order valence-electron chi connectivity index (χ0n) is 7.01. The van der Waals surface area contributed by atoms with Gasteiger partial charge in [0.05, 0.1) is 0 Å². The molecule has 0 amide bonds. The van der Waals surface area contributed by atoms with Crippen molar-refractivity contribution < 1.29 is 5.11 Å². The quantitative estimate of drug-likeness (QED) is 0.711. The topological polar surface area (TPSA) is 50.4 Å². The van der Waals surface area contributed by atoms with Crippen LogP contribution in [-0.4, -0.2) is 19.7 Å². The van der Waals surface area contributed by atoms with Crippen LogP contribution in [0.1, 0.15) is 24.6 Å². The zero-order valence-corrected chi connectivity index (χ0v) is 7.01. The molecule has 0 spiro atoms. The second kappa shape index (κ2) is 2.22. The van der Waals surface area contributed by atoms with Gasteiger partial charge in [-0.1, -0.05) is 0 Å². The summed E-state index contributed by atoms with van der Waals surface area (Å²) < 4.78 is 1.63. The molecule has 2 aromatic heterocycles. The van der Waals surface area contributed by atoms with Gasteiger partial charge in [0.15, 0.2) is 17.2 Å². The second-order valence-corrected chi connectivity index (χ2v) is 3.41. The molecule has 0 unspecified atom stereocenters. The van der Waals surface area contributed by atoms with Crippen LogP contribution in [-0.2, 0) is 0 Å². The van der Waals surface area contributed by atoms with Gasteiger partial charge >= 0.3 is 0 Å². The summed E-state index contributed by atoms with van der Waals surface area (Å²) >= 11 is 0. The normalized spacial score (nSPS) is 16.6. The lowest BCUT2D eigenvalue weighted by Gasteiger charge is -1.91. The second-order valence-electron chi connectivity index (χ2n) is 3.41. The average molecular weight is 175 g/mol. The van der Waals surface area contributed by atoms with Crippen LogP contribution in [0.3, 0.4) is 0 Å². The van der Waals surface area contributed by atoms with E-state index >= 15 is 0 Å². The number of hydrogen-bond donors (Lipinski definition) is 1. The molecule has 0 atom stereocenters. The van der Waals surface area contributed by atoms with Crippen molar-refractivity contribution in [1.82, 2.24) is 14.6 Å². The van der Waals surface area contributed by atoms with E-state index in [9.17, 15) is 5.11 Å². The minimum Gasteiger partial charge on any atom is -0.504 e. The Bertz CT molecular complexity index is 459. The van der Waals surface area contributed by atoms with Crippen molar-refractivity contribution in [2.45, 2.75) is 18.8 Å². The van der Waals surface area contributed by atoms with Gasteiger partial charge in [-0.15, -0.1) is 0 Å². The average Bonchev–Trinajstić information content (AvgIpc) is 2.87. The number of hydrogen-bond acceptors (Lipinski definition) is 3. The molecule has 1 N–H and O–H groups in total. The third kappa shape index (κ3) is 0.983. The Hall–Kier alpha value is -1.58. The maximum atomic E-state index is 9.46. The van der Waals surface area contributed by atoms with E-state index in [1.165, 1.54) is 12.8 Å². The van der Waals surface area contributed by atoms with Gasteiger partial charge in [0.25, 0.3) is 0 Å². The van der Waals surface area contributed by atoms with Crippen LogP contribution < -0.4 is 0 Å². The Morgan fingerprint density at radius 1 is 1.46 bits per heavy atom. The number of fused-ring (bicyclic) bond motifs is 1. The first-order valence-corrected chi connectivity index (χ1v) is 4.39. The summed E-state index contributed by atoms with van der Waals surface area (Å²) in [7, 11) is 0. The molecule has 2 aromatic rings. The van der Waals surface area contributed by atoms with Crippen LogP contribution in [0.15, 0.2) is 18.3 Å². The van der Waals surface area contributed by atoms with Gasteiger partial charge in [-0.25, -0.2) is 9.50 Å². The van der Waals surface area contributed by atoms with Gasteiger partial charge < -0.3 is 5.11 Å². The SMILES string of the molecule is Oc1cccn2nc(C3CC3)nc12. The Balaban J connectivity index is 2.26. The fourth-order valence-corrected chi connectivity index (χ4v) is 1.42. The van der Waals surface area contributed by atoms with E-state index in [-0.39, 0.29) is 5.75 Å². The molecular weight excluding hydrogens is 166 g/mol. The highest BCUT2D eigenvalue weighted by atomic mass is 16.3. The molecule has 1 aliphatic carbocycles. The summed E-state index contributed by atoms with van der Waals surface area (Å²) in [5, 5.41) is 13.7. The van der Waals surface area contributed by atoms with Crippen molar-refractivity contribution in [1.29, 1.82) is 0 Å². The molecule has 4 nitrogen and oxygen atoms in total. The lowest BCUT2D eigenvalue weighted by molar-refractivity contribution is 0.477. The Kier molecular flexibility index (Phi) is 1.17. The van der Waals surface area contributed by atoms with Crippen LogP contribution in [0.2, 0.25) is 0 Å². The Morgan fingerprint density at radius 2 is 2.31 bits per heavy atom. The molecule has 0 aromatic carbocycles. The summed E-state index contributed by atoms with van der Waals surface area (Å²) in [6, 6.07) is 3.38. The smallest absolute Gasteiger partial charge is 0.197 e. The third-order valence-electron chi connectivity index (χ3n) is 2.30. The Morgan fingerprint density at radius 3 is 3.00 bits per heavy atom. The number of aromatic nitrogens is 3. The van der Waals surface area contributed by atoms with E-state index in [1.807, 2.05) is 0 Å². The summed E-state index contributed by atoms with van der Waals surface area (Å²) in [5.74, 6) is 1.59. The molecular formula is C9H9N3O. The molecule has 0 radical (unpaired) electrons. The first-order chi connectivity index (χ1) is 6.34. The van der Waals surface area contributed by atoms with Crippen molar-refractivity contribution in [2.24, 2.45) is 0 Å². The van der Waals surface area contributed by atoms with E-state index in [2.05, 4.69) is 10.1 Å². The predicted octanol–water partition coefficient (Wildman–Crippen LogP) is 1.31.